The second kappa shape index (κ2) is 9.43. The van der Waals surface area contributed by atoms with Crippen LogP contribution < -0.4 is 14.8 Å². The van der Waals surface area contributed by atoms with Gasteiger partial charge in [0, 0.05) is 17.8 Å². The van der Waals surface area contributed by atoms with Crippen molar-refractivity contribution in [3.8, 4) is 29.3 Å². The molecule has 4 aromatic rings. The van der Waals surface area contributed by atoms with Crippen molar-refractivity contribution in [2.75, 3.05) is 14.2 Å². The van der Waals surface area contributed by atoms with E-state index in [4.69, 9.17) is 26.1 Å². The highest BCUT2D eigenvalue weighted by atomic mass is 35.5. The van der Waals surface area contributed by atoms with Crippen LogP contribution in [0.3, 0.4) is 0 Å². The number of amides is 1. The van der Waals surface area contributed by atoms with Crippen molar-refractivity contribution < 1.29 is 18.7 Å². The Balaban J connectivity index is 1.89. The van der Waals surface area contributed by atoms with Gasteiger partial charge in [0.1, 0.15) is 17.2 Å². The minimum Gasteiger partial charge on any atom is -0.480 e. The SMILES string of the molecule is COc1ncc(-c2nc3c(n2C(C)C)C(c2ccc(C#N)cc2)(c2cccc(Cl)c2F)NC3=O)c(OC)n1. The third kappa shape index (κ3) is 3.66. The Morgan fingerprint density at radius 3 is 2.50 bits per heavy atom. The molecule has 11 heteroatoms. The van der Waals surface area contributed by atoms with Gasteiger partial charge in [0.25, 0.3) is 5.91 Å². The number of halogens is 2. The average molecular weight is 533 g/mol. The number of methoxy groups -OCH3 is 2. The van der Waals surface area contributed by atoms with Crippen LogP contribution in [0.2, 0.25) is 5.02 Å². The summed E-state index contributed by atoms with van der Waals surface area (Å²) in [5, 5.41) is 12.2. The first kappa shape index (κ1) is 25.2. The molecule has 0 fully saturated rings. The van der Waals surface area contributed by atoms with Crippen LogP contribution in [0.15, 0.2) is 48.7 Å². The quantitative estimate of drug-likeness (QED) is 0.384. The van der Waals surface area contributed by atoms with Gasteiger partial charge in [-0.1, -0.05) is 35.9 Å². The second-order valence-corrected chi connectivity index (χ2v) is 9.28. The van der Waals surface area contributed by atoms with Gasteiger partial charge in [-0.3, -0.25) is 4.79 Å². The fraction of sp³-hybridized carbons (Fsp3) is 0.222. The lowest BCUT2D eigenvalue weighted by Crippen LogP contribution is -2.44. The van der Waals surface area contributed by atoms with Gasteiger partial charge in [-0.2, -0.15) is 10.2 Å². The van der Waals surface area contributed by atoms with Gasteiger partial charge in [-0.15, -0.1) is 0 Å². The van der Waals surface area contributed by atoms with Crippen LogP contribution in [0.5, 0.6) is 11.9 Å². The molecule has 192 valence electrons. The van der Waals surface area contributed by atoms with Gasteiger partial charge in [-0.25, -0.2) is 14.4 Å². The smallest absolute Gasteiger partial charge is 0.319 e. The highest BCUT2D eigenvalue weighted by Crippen LogP contribution is 2.47. The summed E-state index contributed by atoms with van der Waals surface area (Å²) in [4.78, 5) is 26.7. The monoisotopic (exact) mass is 532 g/mol. The number of nitriles is 1. The summed E-state index contributed by atoms with van der Waals surface area (Å²) in [7, 11) is 2.89. The summed E-state index contributed by atoms with van der Waals surface area (Å²) in [6.45, 7) is 3.84. The lowest BCUT2D eigenvalue weighted by Gasteiger charge is -2.34. The molecule has 0 radical (unpaired) electrons. The zero-order valence-electron chi connectivity index (χ0n) is 20.9. The number of rotatable bonds is 6. The van der Waals surface area contributed by atoms with Crippen molar-refractivity contribution in [3.05, 3.63) is 87.6 Å². The summed E-state index contributed by atoms with van der Waals surface area (Å²) < 4.78 is 28.2. The number of imidazole rings is 1. The first-order chi connectivity index (χ1) is 18.3. The number of carbonyl (C=O) groups excluding carboxylic acids is 1. The predicted molar refractivity (Wildman–Crippen MR) is 137 cm³/mol. The molecule has 2 aromatic carbocycles. The van der Waals surface area contributed by atoms with E-state index in [1.807, 2.05) is 18.4 Å². The third-order valence-corrected chi connectivity index (χ3v) is 6.74. The van der Waals surface area contributed by atoms with Crippen LogP contribution in [-0.2, 0) is 5.54 Å². The van der Waals surface area contributed by atoms with E-state index in [2.05, 4.69) is 21.4 Å². The molecule has 1 atom stereocenters. The molecule has 0 spiro atoms. The number of aromatic nitrogens is 4. The van der Waals surface area contributed by atoms with Crippen molar-refractivity contribution in [2.24, 2.45) is 0 Å². The van der Waals surface area contributed by atoms with Gasteiger partial charge < -0.3 is 19.4 Å². The maximum atomic E-state index is 15.8. The zero-order valence-corrected chi connectivity index (χ0v) is 21.7. The highest BCUT2D eigenvalue weighted by Gasteiger charge is 2.52. The van der Waals surface area contributed by atoms with Crippen molar-refractivity contribution in [2.45, 2.75) is 25.4 Å². The van der Waals surface area contributed by atoms with E-state index in [-0.39, 0.29) is 34.2 Å². The van der Waals surface area contributed by atoms with Crippen molar-refractivity contribution >= 4 is 17.5 Å². The zero-order chi connectivity index (χ0) is 27.2. The van der Waals surface area contributed by atoms with Crippen LogP contribution in [0.25, 0.3) is 11.4 Å². The third-order valence-electron chi connectivity index (χ3n) is 6.45. The van der Waals surface area contributed by atoms with E-state index in [0.717, 1.165) is 0 Å². The summed E-state index contributed by atoms with van der Waals surface area (Å²) >= 11 is 6.23. The average Bonchev–Trinajstić information content (AvgIpc) is 3.46. The standard InChI is InChI=1S/C27H22ClFN6O3/c1-14(2)35-22-21(32-23(35)17-13-31-26(38-4)33-25(17)37-3)24(36)34-27(22,16-10-8-15(12-30)9-11-16)18-6-5-7-19(28)20(18)29/h5-11,13-14H,1-4H3,(H,34,36). The van der Waals surface area contributed by atoms with Gasteiger partial charge >= 0.3 is 6.01 Å². The molecule has 3 heterocycles. The topological polar surface area (TPSA) is 115 Å². The Labute approximate surface area is 222 Å². The molecule has 1 aliphatic rings. The molecule has 1 unspecified atom stereocenters. The molecule has 38 heavy (non-hydrogen) atoms. The van der Waals surface area contributed by atoms with E-state index >= 15 is 4.39 Å². The second-order valence-electron chi connectivity index (χ2n) is 8.87. The Morgan fingerprint density at radius 2 is 1.87 bits per heavy atom. The van der Waals surface area contributed by atoms with Crippen LogP contribution >= 0.6 is 11.6 Å². The molecular formula is C27H22ClFN6O3. The molecule has 1 N–H and O–H groups in total. The predicted octanol–water partition coefficient (Wildman–Crippen LogP) is 4.64. The number of nitrogens with one attached hydrogen (secondary N) is 1. The number of fused-ring (bicyclic) bond motifs is 1. The van der Waals surface area contributed by atoms with Gasteiger partial charge in [0.2, 0.25) is 5.88 Å². The molecule has 0 aliphatic carbocycles. The summed E-state index contributed by atoms with van der Waals surface area (Å²) in [6.07, 6.45) is 1.50. The Bertz CT molecular complexity index is 1610. The lowest BCUT2D eigenvalue weighted by atomic mass is 9.80. The van der Waals surface area contributed by atoms with Crippen LogP contribution in [-0.4, -0.2) is 39.6 Å². The van der Waals surface area contributed by atoms with E-state index in [9.17, 15) is 10.1 Å². The van der Waals surface area contributed by atoms with Gasteiger partial charge in [0.05, 0.1) is 42.1 Å². The van der Waals surface area contributed by atoms with Crippen molar-refractivity contribution in [3.63, 3.8) is 0 Å². The Hall–Kier alpha value is -4.49. The lowest BCUT2D eigenvalue weighted by molar-refractivity contribution is 0.0943. The number of ether oxygens (including phenoxy) is 2. The van der Waals surface area contributed by atoms with Crippen LogP contribution in [0.1, 0.15) is 52.8 Å². The van der Waals surface area contributed by atoms with Crippen LogP contribution in [0.4, 0.5) is 4.39 Å². The Morgan fingerprint density at radius 1 is 1.13 bits per heavy atom. The van der Waals surface area contributed by atoms with Gasteiger partial charge in [-0.05, 0) is 37.6 Å². The molecule has 9 nitrogen and oxygen atoms in total. The normalized spacial score (nSPS) is 16.2. The minimum absolute atomic E-state index is 0.0979. The molecule has 1 amide bonds. The van der Waals surface area contributed by atoms with E-state index < -0.39 is 17.3 Å². The molecule has 1 aliphatic heterocycles. The number of hydrogen-bond acceptors (Lipinski definition) is 7. The first-order valence-electron chi connectivity index (χ1n) is 11.6. The number of carbonyl (C=O) groups is 1. The largest absolute Gasteiger partial charge is 0.480 e. The minimum atomic E-state index is -1.51. The fourth-order valence-electron chi connectivity index (χ4n) is 4.84. The van der Waals surface area contributed by atoms with E-state index in [1.165, 1.54) is 26.5 Å². The maximum absolute atomic E-state index is 15.8. The molecular weight excluding hydrogens is 511 g/mol. The summed E-state index contributed by atoms with van der Waals surface area (Å²) in [5.74, 6) is -0.631. The van der Waals surface area contributed by atoms with E-state index in [0.29, 0.717) is 28.2 Å². The number of benzene rings is 2. The molecule has 0 saturated carbocycles. The van der Waals surface area contributed by atoms with Crippen molar-refractivity contribution in [1.29, 1.82) is 5.26 Å². The number of nitrogens with zero attached hydrogens (tertiary/aromatic N) is 5. The maximum Gasteiger partial charge on any atom is 0.319 e. The fourth-order valence-corrected chi connectivity index (χ4v) is 5.01. The highest BCUT2D eigenvalue weighted by molar-refractivity contribution is 6.30. The molecule has 2 aromatic heterocycles. The summed E-state index contributed by atoms with van der Waals surface area (Å²) in [5.41, 5.74) is 0.504. The number of hydrogen-bond donors (Lipinski definition) is 1. The molecule has 0 saturated heterocycles. The molecule has 5 rings (SSSR count). The van der Waals surface area contributed by atoms with Gasteiger partial charge in [0.15, 0.2) is 5.69 Å². The van der Waals surface area contributed by atoms with Crippen molar-refractivity contribution in [1.82, 2.24) is 24.8 Å². The summed E-state index contributed by atoms with van der Waals surface area (Å²) in [6, 6.07) is 13.2. The van der Waals surface area contributed by atoms with E-state index in [1.54, 1.807) is 36.4 Å². The first-order valence-corrected chi connectivity index (χ1v) is 12.0. The van der Waals surface area contributed by atoms with Crippen LogP contribution in [0, 0.1) is 17.1 Å². The molecule has 0 bridgehead atoms. The Kier molecular flexibility index (Phi) is 6.25.